The van der Waals surface area contributed by atoms with Crippen molar-refractivity contribution >= 4 is 36.0 Å². The molecule has 0 saturated heterocycles. The molecular formula is C17H35N2O2PS2. The molecule has 0 heterocycles. The average Bonchev–Trinajstić information content (AvgIpc) is 3.40. The Labute approximate surface area is 158 Å². The van der Waals surface area contributed by atoms with Crippen molar-refractivity contribution in [1.82, 2.24) is 9.34 Å². The predicted molar refractivity (Wildman–Crippen MR) is 110 cm³/mol. The van der Waals surface area contributed by atoms with Crippen LogP contribution in [0, 0.1) is 5.92 Å². The number of thioether (sulfide) groups is 1. The number of hydrogen-bond acceptors (Lipinski definition) is 4. The molecule has 4 nitrogen and oxygen atoms in total. The van der Waals surface area contributed by atoms with Gasteiger partial charge in [0.2, 0.25) is 12.5 Å². The van der Waals surface area contributed by atoms with Gasteiger partial charge in [-0.15, -0.1) is 11.8 Å². The third-order valence-electron chi connectivity index (χ3n) is 4.37. The van der Waals surface area contributed by atoms with Crippen molar-refractivity contribution in [2.75, 3.05) is 25.7 Å². The van der Waals surface area contributed by atoms with Crippen molar-refractivity contribution in [3.8, 4) is 0 Å². The Morgan fingerprint density at radius 2 is 1.96 bits per heavy atom. The molecule has 0 bridgehead atoms. The average molecular weight is 395 g/mol. The van der Waals surface area contributed by atoms with E-state index < -0.39 is 6.57 Å². The van der Waals surface area contributed by atoms with Gasteiger partial charge in [0, 0.05) is 13.0 Å². The second-order valence-electron chi connectivity index (χ2n) is 6.71. The fourth-order valence-electron chi connectivity index (χ4n) is 2.31. The lowest BCUT2D eigenvalue weighted by molar-refractivity contribution is -0.127. The normalized spacial score (nSPS) is 18.4. The van der Waals surface area contributed by atoms with E-state index in [1.54, 1.807) is 4.67 Å². The first kappa shape index (κ1) is 22.4. The molecule has 0 aliphatic heterocycles. The van der Waals surface area contributed by atoms with Gasteiger partial charge in [-0.1, -0.05) is 33.1 Å². The monoisotopic (exact) mass is 394 g/mol. The van der Waals surface area contributed by atoms with E-state index in [2.05, 4.69) is 18.5 Å². The highest BCUT2D eigenvalue weighted by Crippen LogP contribution is 2.56. The first-order valence-electron chi connectivity index (χ1n) is 9.22. The number of carbonyl (C=O) groups excluding carboxylic acids is 1. The number of rotatable bonds is 13. The summed E-state index contributed by atoms with van der Waals surface area (Å²) in [6.45, 7) is 3.89. The summed E-state index contributed by atoms with van der Waals surface area (Å²) < 4.78 is 10.1. The van der Waals surface area contributed by atoms with Crippen LogP contribution in [0.4, 0.5) is 0 Å². The molecule has 0 aromatic carbocycles. The maximum atomic E-state index is 12.5. The maximum Gasteiger partial charge on any atom is 0.231 e. The van der Waals surface area contributed by atoms with Gasteiger partial charge in [0.15, 0.2) is 0 Å². The lowest BCUT2D eigenvalue weighted by Gasteiger charge is -2.39. The molecule has 1 fully saturated rings. The van der Waals surface area contributed by atoms with Crippen LogP contribution in [0.3, 0.4) is 0 Å². The Morgan fingerprint density at radius 1 is 1.29 bits per heavy atom. The third kappa shape index (κ3) is 6.95. The van der Waals surface area contributed by atoms with Crippen molar-refractivity contribution in [3.05, 3.63) is 0 Å². The van der Waals surface area contributed by atoms with E-state index in [4.69, 9.17) is 16.3 Å². The van der Waals surface area contributed by atoms with E-state index in [1.807, 2.05) is 32.8 Å². The lowest BCUT2D eigenvalue weighted by Crippen LogP contribution is -2.34. The van der Waals surface area contributed by atoms with Gasteiger partial charge < -0.3 is 4.52 Å². The molecule has 7 heteroatoms. The Morgan fingerprint density at radius 3 is 2.50 bits per heavy atom. The smallest absolute Gasteiger partial charge is 0.231 e. The van der Waals surface area contributed by atoms with Gasteiger partial charge in [-0.3, -0.25) is 9.46 Å². The van der Waals surface area contributed by atoms with Gasteiger partial charge in [0.05, 0.1) is 12.0 Å². The molecule has 0 aromatic heterocycles. The summed E-state index contributed by atoms with van der Waals surface area (Å²) in [4.78, 5) is 12.5. The Bertz CT molecular complexity index is 433. The lowest BCUT2D eigenvalue weighted by atomic mass is 10.2. The van der Waals surface area contributed by atoms with Crippen LogP contribution in [-0.4, -0.2) is 47.1 Å². The van der Waals surface area contributed by atoms with Gasteiger partial charge >= 0.3 is 0 Å². The molecule has 24 heavy (non-hydrogen) atoms. The van der Waals surface area contributed by atoms with Gasteiger partial charge in [0.1, 0.15) is 0 Å². The number of unbranched alkanes of at least 4 members (excludes halogenated alkanes) is 3. The second-order valence-corrected chi connectivity index (χ2v) is 11.7. The summed E-state index contributed by atoms with van der Waals surface area (Å²) in [7, 11) is 3.85. The Hall–Kier alpha value is 0.390. The zero-order valence-corrected chi connectivity index (χ0v) is 18.5. The fourth-order valence-corrected chi connectivity index (χ4v) is 6.84. The zero-order valence-electron chi connectivity index (χ0n) is 16.0. The molecule has 0 N–H and O–H groups in total. The van der Waals surface area contributed by atoms with E-state index in [0.29, 0.717) is 0 Å². The molecular weight excluding hydrogens is 359 g/mol. The molecule has 0 spiro atoms. The van der Waals surface area contributed by atoms with E-state index in [0.717, 1.165) is 30.9 Å². The van der Waals surface area contributed by atoms with E-state index in [-0.39, 0.29) is 17.9 Å². The first-order valence-corrected chi connectivity index (χ1v) is 13.0. The molecule has 1 rings (SSSR count). The fraction of sp³-hybridized carbons (Fsp3) is 0.941. The van der Waals surface area contributed by atoms with Crippen LogP contribution in [0.15, 0.2) is 0 Å². The predicted octanol–water partition coefficient (Wildman–Crippen LogP) is 5.10. The van der Waals surface area contributed by atoms with Gasteiger partial charge in [-0.2, -0.15) is 0 Å². The number of hydrogen-bond donors (Lipinski definition) is 0. The molecule has 2 atom stereocenters. The molecule has 0 aromatic rings. The highest BCUT2D eigenvalue weighted by Gasteiger charge is 2.40. The van der Waals surface area contributed by atoms with E-state index in [9.17, 15) is 4.79 Å². The van der Waals surface area contributed by atoms with E-state index >= 15 is 0 Å². The largest absolute Gasteiger partial charge is 0.320 e. The summed E-state index contributed by atoms with van der Waals surface area (Å²) in [5.41, 5.74) is 0. The van der Waals surface area contributed by atoms with Crippen LogP contribution in [0.5, 0.6) is 0 Å². The van der Waals surface area contributed by atoms with Crippen molar-refractivity contribution in [3.63, 3.8) is 0 Å². The molecule has 1 amide bonds. The summed E-state index contributed by atoms with van der Waals surface area (Å²) in [6, 6.07) is 0. The van der Waals surface area contributed by atoms with Crippen LogP contribution in [-0.2, 0) is 21.1 Å². The summed E-state index contributed by atoms with van der Waals surface area (Å²) in [6.07, 6.45) is 8.09. The highest BCUT2D eigenvalue weighted by atomic mass is 32.5. The van der Waals surface area contributed by atoms with Gasteiger partial charge in [0.25, 0.3) is 0 Å². The van der Waals surface area contributed by atoms with E-state index in [1.165, 1.54) is 25.7 Å². The second kappa shape index (κ2) is 11.2. The minimum Gasteiger partial charge on any atom is -0.320 e. The van der Waals surface area contributed by atoms with Crippen LogP contribution in [0.2, 0.25) is 0 Å². The van der Waals surface area contributed by atoms with Crippen molar-refractivity contribution < 1.29 is 9.32 Å². The molecule has 1 aliphatic rings. The van der Waals surface area contributed by atoms with Crippen LogP contribution >= 0.6 is 18.3 Å². The summed E-state index contributed by atoms with van der Waals surface area (Å²) in [5, 5.41) is 0. The summed E-state index contributed by atoms with van der Waals surface area (Å²) >= 11 is 7.83. The van der Waals surface area contributed by atoms with Gasteiger partial charge in [-0.25, -0.2) is 4.67 Å². The summed E-state index contributed by atoms with van der Waals surface area (Å²) in [5.74, 6) is 2.31. The molecule has 0 radical (unpaired) electrons. The first-order chi connectivity index (χ1) is 11.4. The number of carbonyl (C=O) groups is 1. The molecule has 1 saturated carbocycles. The van der Waals surface area contributed by atoms with Crippen molar-refractivity contribution in [1.29, 1.82) is 0 Å². The van der Waals surface area contributed by atoms with Crippen LogP contribution in [0.1, 0.15) is 65.7 Å². The quantitative estimate of drug-likeness (QED) is 0.247. The van der Waals surface area contributed by atoms with Gasteiger partial charge in [-0.05, 0) is 57.2 Å². The van der Waals surface area contributed by atoms with Crippen LogP contribution in [0.25, 0.3) is 0 Å². The van der Waals surface area contributed by atoms with Crippen molar-refractivity contribution in [2.24, 2.45) is 5.92 Å². The van der Waals surface area contributed by atoms with Crippen molar-refractivity contribution in [2.45, 2.75) is 71.8 Å². The Balaban J connectivity index is 2.62. The standard InChI is InChI=1S/C17H35N2O2PS2/c1-6-8-9-10-13-24-14-18(4)22(23,21-15(3)7-2)19(5)17(20)16-11-12-16/h15-16H,6-14H2,1-5H3. The topological polar surface area (TPSA) is 32.8 Å². The van der Waals surface area contributed by atoms with Crippen LogP contribution < -0.4 is 0 Å². The number of amides is 1. The highest BCUT2D eigenvalue weighted by molar-refractivity contribution is 8.10. The maximum absolute atomic E-state index is 12.5. The Kier molecular flexibility index (Phi) is 10.4. The molecule has 1 aliphatic carbocycles. The minimum atomic E-state index is -2.48. The SMILES string of the molecule is CCCCCCSCN(C)P(=S)(OC(C)CC)N(C)C(=O)C1CC1. The number of nitrogens with zero attached hydrogens (tertiary/aromatic N) is 2. The zero-order chi connectivity index (χ0) is 18.2. The molecule has 2 unspecified atom stereocenters. The third-order valence-corrected chi connectivity index (χ3v) is 10.1. The molecule has 142 valence electrons. The minimum absolute atomic E-state index is 0.0716.